The number of nitrogens with one attached hydrogen (secondary N) is 1. The number of carbonyl (C=O) groups excluding carboxylic acids is 1. The molecular formula is C22H20N8O2. The number of aromatic nitrogens is 5. The monoisotopic (exact) mass is 428 g/mol. The van der Waals surface area contributed by atoms with Crippen LogP contribution in [-0.4, -0.2) is 42.9 Å². The zero-order valence-corrected chi connectivity index (χ0v) is 17.7. The Bertz CT molecular complexity index is 1330. The van der Waals surface area contributed by atoms with Gasteiger partial charge in [0.05, 0.1) is 22.4 Å². The molecule has 160 valence electrons. The van der Waals surface area contributed by atoms with Gasteiger partial charge in [0.2, 0.25) is 5.82 Å². The van der Waals surface area contributed by atoms with Gasteiger partial charge in [0.25, 0.3) is 11.8 Å². The smallest absolute Gasteiger partial charge is 0.261 e. The second kappa shape index (κ2) is 7.12. The molecule has 0 unspecified atom stereocenters. The van der Waals surface area contributed by atoms with Crippen LogP contribution in [0.4, 0.5) is 17.3 Å². The first-order valence-corrected chi connectivity index (χ1v) is 9.91. The summed E-state index contributed by atoms with van der Waals surface area (Å²) < 4.78 is 5.37. The number of hydrogen-bond acceptors (Lipinski definition) is 9. The van der Waals surface area contributed by atoms with Gasteiger partial charge in [-0.2, -0.15) is 4.98 Å². The van der Waals surface area contributed by atoms with E-state index in [2.05, 4.69) is 30.4 Å². The summed E-state index contributed by atoms with van der Waals surface area (Å²) in [5, 5.41) is 7.14. The van der Waals surface area contributed by atoms with Crippen molar-refractivity contribution in [1.29, 1.82) is 0 Å². The number of nitrogens with zero attached hydrogens (tertiary/aromatic N) is 6. The van der Waals surface area contributed by atoms with Crippen LogP contribution in [0.5, 0.6) is 0 Å². The number of amides is 1. The van der Waals surface area contributed by atoms with E-state index in [9.17, 15) is 4.79 Å². The highest BCUT2D eigenvalue weighted by atomic mass is 16.5. The molecule has 5 rings (SSSR count). The molecule has 3 N–H and O–H groups in total. The third kappa shape index (κ3) is 3.13. The molecule has 1 aliphatic heterocycles. The molecule has 4 aromatic rings. The summed E-state index contributed by atoms with van der Waals surface area (Å²) >= 11 is 0. The summed E-state index contributed by atoms with van der Waals surface area (Å²) in [4.78, 5) is 31.5. The number of nitrogens with two attached hydrogens (primary N) is 1. The Hall–Kier alpha value is -4.34. The predicted molar refractivity (Wildman–Crippen MR) is 118 cm³/mol. The molecule has 0 aromatic carbocycles. The third-order valence-corrected chi connectivity index (χ3v) is 5.64. The fraction of sp³-hybridized carbons (Fsp3) is 0.182. The van der Waals surface area contributed by atoms with Crippen molar-refractivity contribution in [2.45, 2.75) is 19.4 Å². The van der Waals surface area contributed by atoms with Crippen molar-refractivity contribution in [3.05, 3.63) is 60.2 Å². The lowest BCUT2D eigenvalue weighted by molar-refractivity contribution is 0.0688. The van der Waals surface area contributed by atoms with E-state index >= 15 is 0 Å². The molecule has 0 radical (unpaired) electrons. The molecule has 0 atom stereocenters. The molecule has 32 heavy (non-hydrogen) atoms. The summed E-state index contributed by atoms with van der Waals surface area (Å²) in [6.07, 6.45) is 4.88. The van der Waals surface area contributed by atoms with E-state index in [0.717, 1.165) is 5.56 Å². The van der Waals surface area contributed by atoms with Crippen LogP contribution >= 0.6 is 0 Å². The van der Waals surface area contributed by atoms with Crippen LogP contribution in [-0.2, 0) is 5.54 Å². The molecule has 10 nitrogen and oxygen atoms in total. The summed E-state index contributed by atoms with van der Waals surface area (Å²) in [5.41, 5.74) is 8.79. The first-order valence-electron chi connectivity index (χ1n) is 9.91. The number of carbonyl (C=O) groups is 1. The molecule has 0 spiro atoms. The second-order valence-electron chi connectivity index (χ2n) is 7.96. The van der Waals surface area contributed by atoms with Crippen LogP contribution in [0.1, 0.15) is 29.9 Å². The maximum Gasteiger partial charge on any atom is 0.261 e. The van der Waals surface area contributed by atoms with Gasteiger partial charge in [-0.05, 0) is 38.1 Å². The van der Waals surface area contributed by atoms with Gasteiger partial charge in [0.15, 0.2) is 0 Å². The van der Waals surface area contributed by atoms with Crippen molar-refractivity contribution in [3.8, 4) is 22.8 Å². The van der Waals surface area contributed by atoms with Gasteiger partial charge >= 0.3 is 0 Å². The number of pyridine rings is 3. The molecule has 10 heteroatoms. The highest BCUT2D eigenvalue weighted by Crippen LogP contribution is 2.37. The maximum absolute atomic E-state index is 12.4. The van der Waals surface area contributed by atoms with Crippen molar-refractivity contribution < 1.29 is 9.32 Å². The minimum Gasteiger partial charge on any atom is -0.398 e. The summed E-state index contributed by atoms with van der Waals surface area (Å²) in [7, 11) is 1.77. The Balaban J connectivity index is 1.40. The molecule has 1 aliphatic rings. The van der Waals surface area contributed by atoms with Crippen LogP contribution in [0.2, 0.25) is 0 Å². The fourth-order valence-corrected chi connectivity index (χ4v) is 3.56. The second-order valence-corrected chi connectivity index (χ2v) is 7.96. The number of hydrogen-bond donors (Lipinski definition) is 2. The zero-order chi connectivity index (χ0) is 22.5. The first-order chi connectivity index (χ1) is 15.3. The van der Waals surface area contributed by atoms with Crippen molar-refractivity contribution in [2.75, 3.05) is 18.1 Å². The third-order valence-electron chi connectivity index (χ3n) is 5.64. The van der Waals surface area contributed by atoms with Crippen molar-refractivity contribution in [1.82, 2.24) is 30.0 Å². The van der Waals surface area contributed by atoms with E-state index < -0.39 is 5.54 Å². The zero-order valence-electron chi connectivity index (χ0n) is 17.7. The fourth-order valence-electron chi connectivity index (χ4n) is 3.56. The molecule has 5 heterocycles. The maximum atomic E-state index is 12.4. The first kappa shape index (κ1) is 19.6. The van der Waals surface area contributed by atoms with Crippen LogP contribution in [0.25, 0.3) is 22.8 Å². The van der Waals surface area contributed by atoms with Gasteiger partial charge in [-0.3, -0.25) is 9.78 Å². The summed E-state index contributed by atoms with van der Waals surface area (Å²) in [6, 6.07) is 8.77. The van der Waals surface area contributed by atoms with Crippen LogP contribution < -0.4 is 11.1 Å². The highest BCUT2D eigenvalue weighted by molar-refractivity contribution is 5.99. The summed E-state index contributed by atoms with van der Waals surface area (Å²) in [5.74, 6) is 1.74. The molecule has 4 aromatic heterocycles. The average Bonchev–Trinajstić information content (AvgIpc) is 3.34. The molecule has 1 amide bonds. The average molecular weight is 428 g/mol. The molecule has 0 saturated heterocycles. The lowest BCUT2D eigenvalue weighted by Crippen LogP contribution is -2.35. The van der Waals surface area contributed by atoms with Gasteiger partial charge in [-0.25, -0.2) is 9.97 Å². The van der Waals surface area contributed by atoms with Crippen LogP contribution in [0.3, 0.4) is 0 Å². The SMILES string of the molecule is CN1C(=O)c2ccc(Nc3cc(N)c(-c4nc(-c5ccncc5)no4)cn3)nc2C1(C)C. The van der Waals surface area contributed by atoms with Crippen LogP contribution in [0.15, 0.2) is 53.4 Å². The summed E-state index contributed by atoms with van der Waals surface area (Å²) in [6.45, 7) is 3.92. The lowest BCUT2D eigenvalue weighted by atomic mass is 10.00. The Kier molecular flexibility index (Phi) is 4.36. The van der Waals surface area contributed by atoms with E-state index in [1.807, 2.05) is 13.8 Å². The minimum atomic E-state index is -0.495. The topological polar surface area (TPSA) is 136 Å². The normalized spacial score (nSPS) is 14.5. The van der Waals surface area contributed by atoms with E-state index in [0.29, 0.717) is 40.0 Å². The quantitative estimate of drug-likeness (QED) is 0.502. The van der Waals surface area contributed by atoms with E-state index in [1.165, 1.54) is 0 Å². The molecule has 0 aliphatic carbocycles. The van der Waals surface area contributed by atoms with Gasteiger partial charge < -0.3 is 20.5 Å². The van der Waals surface area contributed by atoms with Gasteiger partial charge in [0, 0.05) is 43.0 Å². The Labute approximate surface area is 183 Å². The molecule has 0 saturated carbocycles. The number of fused-ring (bicyclic) bond motifs is 1. The van der Waals surface area contributed by atoms with Gasteiger partial charge in [-0.15, -0.1) is 0 Å². The number of anilines is 3. The Morgan fingerprint density at radius 1 is 1.06 bits per heavy atom. The minimum absolute atomic E-state index is 0.0403. The van der Waals surface area contributed by atoms with E-state index in [4.69, 9.17) is 10.3 Å². The Morgan fingerprint density at radius 3 is 2.59 bits per heavy atom. The Morgan fingerprint density at radius 2 is 1.84 bits per heavy atom. The van der Waals surface area contributed by atoms with Gasteiger partial charge in [-0.1, -0.05) is 5.16 Å². The molecular weight excluding hydrogens is 408 g/mol. The van der Waals surface area contributed by atoms with E-state index in [1.54, 1.807) is 60.9 Å². The van der Waals surface area contributed by atoms with Crippen molar-refractivity contribution in [3.63, 3.8) is 0 Å². The number of nitrogen functional groups attached to an aromatic ring is 1. The molecule has 0 fully saturated rings. The number of rotatable bonds is 4. The lowest BCUT2D eigenvalue weighted by Gasteiger charge is -2.27. The largest absolute Gasteiger partial charge is 0.398 e. The molecule has 0 bridgehead atoms. The highest BCUT2D eigenvalue weighted by Gasteiger charge is 2.42. The standard InChI is InChI=1S/C22H20N8O2/c1-22(2)18-13(21(31)30(22)3)4-5-16(27-18)26-17-10-15(23)14(11-25-17)20-28-19(29-32-20)12-6-8-24-9-7-12/h4-11H,1-3H3,(H3,23,25,26,27). The van der Waals surface area contributed by atoms with Crippen LogP contribution in [0, 0.1) is 0 Å². The van der Waals surface area contributed by atoms with Gasteiger partial charge in [0.1, 0.15) is 11.6 Å². The predicted octanol–water partition coefficient (Wildman–Crippen LogP) is 3.24. The van der Waals surface area contributed by atoms with Crippen molar-refractivity contribution >= 4 is 23.2 Å². The van der Waals surface area contributed by atoms with E-state index in [-0.39, 0.29) is 11.8 Å². The van der Waals surface area contributed by atoms with Crippen molar-refractivity contribution in [2.24, 2.45) is 0 Å².